The first kappa shape index (κ1) is 18.5. The molecule has 0 aliphatic rings. The second-order valence-electron chi connectivity index (χ2n) is 6.24. The quantitative estimate of drug-likeness (QED) is 0.686. The van der Waals surface area contributed by atoms with Crippen LogP contribution in [0.4, 0.5) is 4.39 Å². The van der Waals surface area contributed by atoms with Crippen LogP contribution in [0.3, 0.4) is 0 Å². The zero-order valence-electron chi connectivity index (χ0n) is 15.2. The number of carbonyl (C=O) groups is 1. The van der Waals surface area contributed by atoms with E-state index in [0.29, 0.717) is 29.2 Å². The first-order chi connectivity index (χ1) is 12.4. The van der Waals surface area contributed by atoms with Crippen LogP contribution in [0.5, 0.6) is 0 Å². The number of rotatable bonds is 5. The van der Waals surface area contributed by atoms with E-state index in [9.17, 15) is 9.18 Å². The SMILES string of the molecule is COCCn1c(=NC(=O)c2cc(C)nn2C(C)C)sc2cccc(F)c21. The Morgan fingerprint density at radius 3 is 2.88 bits per heavy atom. The number of benzene rings is 1. The Bertz CT molecular complexity index is 1020. The van der Waals surface area contributed by atoms with E-state index < -0.39 is 5.91 Å². The Balaban J connectivity index is 2.15. The molecular weight excluding hydrogens is 355 g/mol. The van der Waals surface area contributed by atoms with E-state index >= 15 is 0 Å². The van der Waals surface area contributed by atoms with Crippen LogP contribution < -0.4 is 4.80 Å². The molecule has 138 valence electrons. The molecule has 0 aliphatic carbocycles. The lowest BCUT2D eigenvalue weighted by Gasteiger charge is -2.08. The highest BCUT2D eigenvalue weighted by Crippen LogP contribution is 2.20. The number of methoxy groups -OCH3 is 1. The van der Waals surface area contributed by atoms with Crippen LogP contribution in [0.15, 0.2) is 29.3 Å². The van der Waals surface area contributed by atoms with Crippen molar-refractivity contribution in [3.05, 3.63) is 46.3 Å². The summed E-state index contributed by atoms with van der Waals surface area (Å²) >= 11 is 1.28. The molecule has 0 spiro atoms. The van der Waals surface area contributed by atoms with Gasteiger partial charge >= 0.3 is 0 Å². The number of ether oxygens (including phenoxy) is 1. The van der Waals surface area contributed by atoms with Crippen LogP contribution in [0.2, 0.25) is 0 Å². The highest BCUT2D eigenvalue weighted by Gasteiger charge is 2.17. The summed E-state index contributed by atoms with van der Waals surface area (Å²) < 4.78 is 23.5. The molecule has 0 N–H and O–H groups in total. The van der Waals surface area contributed by atoms with Gasteiger partial charge in [0.25, 0.3) is 5.91 Å². The van der Waals surface area contributed by atoms with Gasteiger partial charge in [-0.1, -0.05) is 17.4 Å². The lowest BCUT2D eigenvalue weighted by atomic mass is 10.3. The third-order valence-corrected chi connectivity index (χ3v) is 4.98. The number of thiazole rings is 1. The van der Waals surface area contributed by atoms with Crippen LogP contribution in [0.25, 0.3) is 10.2 Å². The summed E-state index contributed by atoms with van der Waals surface area (Å²) in [6.45, 7) is 6.55. The molecule has 0 atom stereocenters. The molecule has 1 aromatic carbocycles. The van der Waals surface area contributed by atoms with Gasteiger partial charge < -0.3 is 9.30 Å². The fraction of sp³-hybridized carbons (Fsp3) is 0.389. The maximum atomic E-state index is 14.3. The van der Waals surface area contributed by atoms with E-state index in [-0.39, 0.29) is 11.9 Å². The number of nitrogens with zero attached hydrogens (tertiary/aromatic N) is 4. The maximum absolute atomic E-state index is 14.3. The standard InChI is InChI=1S/C18H21FN4O2S/c1-11(2)23-14(10-12(3)21-23)17(24)20-18-22(8-9-25-4)16-13(19)6-5-7-15(16)26-18/h5-7,10-11H,8-9H2,1-4H3. The normalized spacial score (nSPS) is 12.5. The van der Waals surface area contributed by atoms with E-state index in [1.54, 1.807) is 28.5 Å². The average molecular weight is 376 g/mol. The molecule has 6 nitrogen and oxygen atoms in total. The monoisotopic (exact) mass is 376 g/mol. The smallest absolute Gasteiger partial charge is 0.297 e. The van der Waals surface area contributed by atoms with Crippen LogP contribution in [-0.2, 0) is 11.3 Å². The Morgan fingerprint density at radius 2 is 2.19 bits per heavy atom. The third kappa shape index (κ3) is 3.47. The maximum Gasteiger partial charge on any atom is 0.297 e. The number of aromatic nitrogens is 3. The molecular formula is C18H21FN4O2S. The van der Waals surface area contributed by atoms with Crippen LogP contribution in [-0.4, -0.2) is 34.0 Å². The van der Waals surface area contributed by atoms with Gasteiger partial charge in [0.15, 0.2) is 4.80 Å². The number of fused-ring (bicyclic) bond motifs is 1. The van der Waals surface area contributed by atoms with E-state index in [1.165, 1.54) is 17.4 Å². The van der Waals surface area contributed by atoms with Gasteiger partial charge in [0.05, 0.1) is 22.5 Å². The Morgan fingerprint density at radius 1 is 1.42 bits per heavy atom. The molecule has 0 bridgehead atoms. The van der Waals surface area contributed by atoms with Crippen molar-refractivity contribution in [2.75, 3.05) is 13.7 Å². The Kier molecular flexibility index (Phi) is 5.33. The molecule has 0 aliphatic heterocycles. The fourth-order valence-electron chi connectivity index (χ4n) is 2.78. The van der Waals surface area contributed by atoms with Gasteiger partial charge in [-0.3, -0.25) is 9.48 Å². The topological polar surface area (TPSA) is 61.4 Å². The molecule has 0 radical (unpaired) electrons. The molecule has 0 saturated heterocycles. The summed E-state index contributed by atoms with van der Waals surface area (Å²) in [5, 5.41) is 4.35. The predicted octanol–water partition coefficient (Wildman–Crippen LogP) is 3.32. The van der Waals surface area contributed by atoms with Crippen molar-refractivity contribution < 1.29 is 13.9 Å². The second kappa shape index (κ2) is 7.51. The zero-order chi connectivity index (χ0) is 18.8. The molecule has 0 unspecified atom stereocenters. The number of halogens is 1. The lowest BCUT2D eigenvalue weighted by molar-refractivity contribution is 0.0985. The predicted molar refractivity (Wildman–Crippen MR) is 98.9 cm³/mol. The van der Waals surface area contributed by atoms with Gasteiger partial charge in [-0.25, -0.2) is 4.39 Å². The first-order valence-electron chi connectivity index (χ1n) is 8.34. The first-order valence-corrected chi connectivity index (χ1v) is 9.16. The van der Waals surface area contributed by atoms with Crippen molar-refractivity contribution >= 4 is 27.5 Å². The van der Waals surface area contributed by atoms with Crippen LogP contribution >= 0.6 is 11.3 Å². The van der Waals surface area contributed by atoms with Gasteiger partial charge in [0.1, 0.15) is 11.5 Å². The van der Waals surface area contributed by atoms with E-state index in [4.69, 9.17) is 4.74 Å². The van der Waals surface area contributed by atoms with Crippen molar-refractivity contribution in [1.82, 2.24) is 14.3 Å². The van der Waals surface area contributed by atoms with E-state index in [1.807, 2.05) is 26.8 Å². The number of aryl methyl sites for hydroxylation is 1. The Hall–Kier alpha value is -2.32. The number of carbonyl (C=O) groups excluding carboxylic acids is 1. The molecule has 2 heterocycles. The molecule has 8 heteroatoms. The highest BCUT2D eigenvalue weighted by atomic mass is 32.1. The largest absolute Gasteiger partial charge is 0.383 e. The van der Waals surface area contributed by atoms with Crippen molar-refractivity contribution in [2.24, 2.45) is 4.99 Å². The summed E-state index contributed by atoms with van der Waals surface area (Å²) in [4.78, 5) is 17.5. The van der Waals surface area contributed by atoms with Gasteiger partial charge in [0.2, 0.25) is 0 Å². The highest BCUT2D eigenvalue weighted by molar-refractivity contribution is 7.16. The second-order valence-corrected chi connectivity index (χ2v) is 7.25. The molecule has 1 amide bonds. The van der Waals surface area contributed by atoms with Crippen molar-refractivity contribution in [3.63, 3.8) is 0 Å². The zero-order valence-corrected chi connectivity index (χ0v) is 16.0. The van der Waals surface area contributed by atoms with Crippen molar-refractivity contribution in [2.45, 2.75) is 33.4 Å². The lowest BCUT2D eigenvalue weighted by Crippen LogP contribution is -2.21. The number of hydrogen-bond acceptors (Lipinski definition) is 4. The molecule has 3 rings (SSSR count). The molecule has 0 saturated carbocycles. The summed E-state index contributed by atoms with van der Waals surface area (Å²) in [6, 6.07) is 6.63. The summed E-state index contributed by atoms with van der Waals surface area (Å²) in [5.74, 6) is -0.732. The fourth-order valence-corrected chi connectivity index (χ4v) is 3.85. The minimum absolute atomic E-state index is 0.0401. The van der Waals surface area contributed by atoms with E-state index in [0.717, 1.165) is 10.4 Å². The number of hydrogen-bond donors (Lipinski definition) is 0. The van der Waals surface area contributed by atoms with Crippen molar-refractivity contribution in [1.29, 1.82) is 0 Å². The average Bonchev–Trinajstić information content (AvgIpc) is 3.14. The van der Waals surface area contributed by atoms with Gasteiger partial charge in [-0.15, -0.1) is 0 Å². The minimum atomic E-state index is -0.391. The molecule has 0 fully saturated rings. The van der Waals surface area contributed by atoms with Gasteiger partial charge in [-0.05, 0) is 39.0 Å². The van der Waals surface area contributed by atoms with Crippen LogP contribution in [0, 0.1) is 12.7 Å². The Labute approximate surface area is 154 Å². The number of para-hydroxylation sites is 1. The van der Waals surface area contributed by atoms with E-state index in [2.05, 4.69) is 10.1 Å². The molecule has 2 aromatic heterocycles. The minimum Gasteiger partial charge on any atom is -0.383 e. The number of amides is 1. The van der Waals surface area contributed by atoms with Gasteiger partial charge in [-0.2, -0.15) is 10.1 Å². The third-order valence-electron chi connectivity index (χ3n) is 3.93. The summed E-state index contributed by atoms with van der Waals surface area (Å²) in [6.07, 6.45) is 0. The van der Waals surface area contributed by atoms with Gasteiger partial charge in [0, 0.05) is 19.7 Å². The van der Waals surface area contributed by atoms with Crippen molar-refractivity contribution in [3.8, 4) is 0 Å². The molecule has 3 aromatic rings. The molecule has 26 heavy (non-hydrogen) atoms. The van der Waals surface area contributed by atoms with Crippen LogP contribution in [0.1, 0.15) is 36.1 Å². The summed E-state index contributed by atoms with van der Waals surface area (Å²) in [7, 11) is 1.58. The summed E-state index contributed by atoms with van der Waals surface area (Å²) in [5.41, 5.74) is 1.62.